The van der Waals surface area contributed by atoms with Gasteiger partial charge in [-0.15, -0.1) is 21.5 Å². The molecular weight excluding hydrogens is 370 g/mol. The maximum absolute atomic E-state index is 5.77. The summed E-state index contributed by atoms with van der Waals surface area (Å²) in [5, 5.41) is 15.7. The lowest BCUT2D eigenvalue weighted by Gasteiger charge is -1.92. The highest BCUT2D eigenvalue weighted by atomic mass is 32.2. The molecule has 1 N–H and O–H groups in total. The van der Waals surface area contributed by atoms with Crippen molar-refractivity contribution in [1.82, 2.24) is 25.3 Å². The van der Waals surface area contributed by atoms with Crippen molar-refractivity contribution in [2.24, 2.45) is 0 Å². The summed E-state index contributed by atoms with van der Waals surface area (Å²) in [6.45, 7) is 0. The summed E-state index contributed by atoms with van der Waals surface area (Å²) >= 11 is 2.94. The summed E-state index contributed by atoms with van der Waals surface area (Å²) in [6.07, 6.45) is 1.87. The minimum atomic E-state index is 0.459. The molecule has 0 saturated carbocycles. The minimum Gasteiger partial charge on any atom is -0.411 e. The summed E-state index contributed by atoms with van der Waals surface area (Å²) in [6, 6.07) is 11.9. The normalized spacial score (nSPS) is 11.4. The molecule has 1 aromatic carbocycles. The van der Waals surface area contributed by atoms with Gasteiger partial charge in [0.05, 0.1) is 16.2 Å². The fraction of sp³-hybridized carbons (Fsp3) is 0.0588. The van der Waals surface area contributed by atoms with E-state index in [0.29, 0.717) is 28.6 Å². The highest BCUT2D eigenvalue weighted by molar-refractivity contribution is 7.98. The third-order valence-electron chi connectivity index (χ3n) is 3.75. The third-order valence-corrected chi connectivity index (χ3v) is 5.42. The largest absolute Gasteiger partial charge is 0.411 e. The van der Waals surface area contributed by atoms with E-state index >= 15 is 0 Å². The van der Waals surface area contributed by atoms with Gasteiger partial charge in [-0.05, 0) is 17.5 Å². The monoisotopic (exact) mass is 381 g/mol. The Morgan fingerprint density at radius 3 is 3.00 bits per heavy atom. The van der Waals surface area contributed by atoms with Crippen molar-refractivity contribution in [3.8, 4) is 22.2 Å². The van der Waals surface area contributed by atoms with Crippen molar-refractivity contribution >= 4 is 34.0 Å². The molecule has 0 spiro atoms. The first-order valence-corrected chi connectivity index (χ1v) is 9.62. The van der Waals surface area contributed by atoms with Gasteiger partial charge in [0, 0.05) is 17.1 Å². The Morgan fingerprint density at radius 2 is 2.08 bits per heavy atom. The number of thiophene rings is 1. The molecule has 4 aromatic heterocycles. The van der Waals surface area contributed by atoms with Gasteiger partial charge < -0.3 is 13.9 Å². The number of rotatable bonds is 5. The second-order valence-corrected chi connectivity index (χ2v) is 7.27. The van der Waals surface area contributed by atoms with E-state index < -0.39 is 0 Å². The van der Waals surface area contributed by atoms with Crippen LogP contribution >= 0.6 is 23.1 Å². The number of benzene rings is 1. The lowest BCUT2D eigenvalue weighted by molar-refractivity contribution is 0.391. The van der Waals surface area contributed by atoms with Crippen LogP contribution in [0.15, 0.2) is 62.1 Å². The van der Waals surface area contributed by atoms with Gasteiger partial charge in [-0.3, -0.25) is 0 Å². The van der Waals surface area contributed by atoms with Crippen LogP contribution in [0.2, 0.25) is 0 Å². The summed E-state index contributed by atoms with van der Waals surface area (Å²) in [5.41, 5.74) is 1.92. The summed E-state index contributed by atoms with van der Waals surface area (Å²) in [4.78, 5) is 8.56. The molecule has 0 radical (unpaired) electrons. The van der Waals surface area contributed by atoms with Crippen molar-refractivity contribution in [3.05, 3.63) is 53.9 Å². The molecule has 4 heterocycles. The maximum Gasteiger partial charge on any atom is 0.277 e. The minimum absolute atomic E-state index is 0.459. The van der Waals surface area contributed by atoms with Crippen LogP contribution in [0.1, 0.15) is 5.89 Å². The first kappa shape index (κ1) is 15.4. The summed E-state index contributed by atoms with van der Waals surface area (Å²) in [7, 11) is 0. The predicted molar refractivity (Wildman–Crippen MR) is 98.8 cm³/mol. The molecular formula is C17H11N5O2S2. The number of H-pyrrole nitrogens is 1. The lowest BCUT2D eigenvalue weighted by Crippen LogP contribution is -1.81. The highest BCUT2D eigenvalue weighted by Gasteiger charge is 2.15. The number of nitrogens with one attached hydrogen (secondary N) is 1. The molecule has 0 amide bonds. The topological polar surface area (TPSA) is 93.6 Å². The molecule has 0 aliphatic heterocycles. The van der Waals surface area contributed by atoms with E-state index in [1.54, 1.807) is 11.3 Å². The molecule has 5 aromatic rings. The van der Waals surface area contributed by atoms with Crippen LogP contribution in [0.4, 0.5) is 0 Å². The number of aromatic nitrogens is 5. The van der Waals surface area contributed by atoms with Gasteiger partial charge in [0.1, 0.15) is 0 Å². The average molecular weight is 381 g/mol. The quantitative estimate of drug-likeness (QED) is 0.444. The van der Waals surface area contributed by atoms with Gasteiger partial charge >= 0.3 is 0 Å². The van der Waals surface area contributed by atoms with Crippen molar-refractivity contribution < 1.29 is 8.94 Å². The fourth-order valence-corrected chi connectivity index (χ4v) is 3.82. The van der Waals surface area contributed by atoms with Crippen molar-refractivity contribution in [2.45, 2.75) is 11.0 Å². The van der Waals surface area contributed by atoms with Crippen LogP contribution < -0.4 is 0 Å². The lowest BCUT2D eigenvalue weighted by atomic mass is 10.2. The smallest absolute Gasteiger partial charge is 0.277 e. The number of fused-ring (bicyclic) bond motifs is 1. The number of hydrogen-bond acceptors (Lipinski definition) is 8. The molecule has 0 aliphatic carbocycles. The van der Waals surface area contributed by atoms with Gasteiger partial charge in [0.25, 0.3) is 11.1 Å². The Bertz CT molecular complexity index is 1160. The SMILES string of the molecule is c1csc(-c2noc(CSc3nnc(-c4c[nH]c5ccccc45)o3)n2)c1. The number of thioether (sulfide) groups is 1. The molecule has 0 bridgehead atoms. The van der Waals surface area contributed by atoms with E-state index in [1.165, 1.54) is 11.8 Å². The highest BCUT2D eigenvalue weighted by Crippen LogP contribution is 2.30. The van der Waals surface area contributed by atoms with Crippen molar-refractivity contribution in [1.29, 1.82) is 0 Å². The van der Waals surface area contributed by atoms with E-state index in [2.05, 4.69) is 25.3 Å². The first-order valence-electron chi connectivity index (χ1n) is 7.76. The Balaban J connectivity index is 1.32. The van der Waals surface area contributed by atoms with Gasteiger partial charge in [0.15, 0.2) is 0 Å². The Morgan fingerprint density at radius 1 is 1.12 bits per heavy atom. The molecule has 5 rings (SSSR count). The van der Waals surface area contributed by atoms with Crippen molar-refractivity contribution in [3.63, 3.8) is 0 Å². The second-order valence-electron chi connectivity index (χ2n) is 5.40. The molecule has 0 aliphatic rings. The molecule has 9 heteroatoms. The average Bonchev–Trinajstić information content (AvgIpc) is 3.46. The van der Waals surface area contributed by atoms with E-state index in [-0.39, 0.29) is 0 Å². The van der Waals surface area contributed by atoms with Crippen LogP contribution in [0.25, 0.3) is 33.1 Å². The molecule has 128 valence electrons. The second kappa shape index (κ2) is 6.43. The Hall–Kier alpha value is -2.91. The van der Waals surface area contributed by atoms with Gasteiger partial charge in [-0.1, -0.05) is 41.2 Å². The Kier molecular flexibility index (Phi) is 3.80. The molecule has 0 atom stereocenters. The number of nitrogens with zero attached hydrogens (tertiary/aromatic N) is 4. The van der Waals surface area contributed by atoms with E-state index in [4.69, 9.17) is 8.94 Å². The third kappa shape index (κ3) is 2.80. The van der Waals surface area contributed by atoms with Crippen molar-refractivity contribution in [2.75, 3.05) is 0 Å². The maximum atomic E-state index is 5.77. The first-order chi connectivity index (χ1) is 12.9. The van der Waals surface area contributed by atoms with E-state index in [1.807, 2.05) is 48.0 Å². The molecule has 7 nitrogen and oxygen atoms in total. The van der Waals surface area contributed by atoms with E-state index in [9.17, 15) is 0 Å². The van der Waals surface area contributed by atoms with Gasteiger partial charge in [-0.25, -0.2) is 0 Å². The number of para-hydroxylation sites is 1. The summed E-state index contributed by atoms with van der Waals surface area (Å²) < 4.78 is 11.0. The van der Waals surface area contributed by atoms with E-state index in [0.717, 1.165) is 21.3 Å². The zero-order valence-corrected chi connectivity index (χ0v) is 14.9. The molecule has 0 unspecified atom stereocenters. The fourth-order valence-electron chi connectivity index (χ4n) is 2.57. The molecule has 0 fully saturated rings. The van der Waals surface area contributed by atoms with Crippen LogP contribution in [0, 0.1) is 0 Å². The zero-order valence-electron chi connectivity index (χ0n) is 13.2. The van der Waals surface area contributed by atoms with Crippen LogP contribution in [0.5, 0.6) is 0 Å². The standard InChI is InChI=1S/C17H11N5O2S2/c1-2-5-12-10(4-1)11(8-18-12)16-20-21-17(23-16)26-9-14-19-15(22-24-14)13-6-3-7-25-13/h1-8,18H,9H2. The summed E-state index contributed by atoms with van der Waals surface area (Å²) in [5.74, 6) is 2.06. The Labute approximate surface area is 155 Å². The zero-order chi connectivity index (χ0) is 17.3. The number of aromatic amines is 1. The van der Waals surface area contributed by atoms with Crippen LogP contribution in [0.3, 0.4) is 0 Å². The molecule has 0 saturated heterocycles. The molecule has 26 heavy (non-hydrogen) atoms. The predicted octanol–water partition coefficient (Wildman–Crippen LogP) is 4.62. The number of hydrogen-bond donors (Lipinski definition) is 1. The van der Waals surface area contributed by atoms with Crippen LogP contribution in [-0.2, 0) is 5.75 Å². The van der Waals surface area contributed by atoms with Gasteiger partial charge in [-0.2, -0.15) is 4.98 Å². The van der Waals surface area contributed by atoms with Crippen LogP contribution in [-0.4, -0.2) is 25.3 Å². The van der Waals surface area contributed by atoms with Gasteiger partial charge in [0.2, 0.25) is 11.7 Å².